The van der Waals surface area contributed by atoms with Crippen molar-refractivity contribution in [1.29, 1.82) is 0 Å². The van der Waals surface area contributed by atoms with Gasteiger partial charge in [0.1, 0.15) is 0 Å². The molecule has 0 amide bonds. The fourth-order valence-corrected chi connectivity index (χ4v) is 16.0. The number of benzene rings is 8. The predicted octanol–water partition coefficient (Wildman–Crippen LogP) is 17.7. The van der Waals surface area contributed by atoms with E-state index in [9.17, 15) is 0 Å². The Bertz CT molecular complexity index is 4010. The highest BCUT2D eigenvalue weighted by atomic mass is 32.1. The summed E-state index contributed by atoms with van der Waals surface area (Å²) >= 11 is 4.02. The van der Waals surface area contributed by atoms with E-state index in [1.807, 2.05) is 22.7 Å². The Kier molecular flexibility index (Phi) is 9.46. The molecule has 2 nitrogen and oxygen atoms in total. The SMILES string of the molecule is CC(C)(C)c1ccc(N2c3cc(C(C)(C)C)ccc3B3c4sc5cc6c(cc5c4N(c4ccc(C(C)(C)C)cc4)c4cc(C(C)(C)C)cc2c43)-c2ccccc2C62c3ccccc3-c3c2sc2ccccc32)cc1. The summed E-state index contributed by atoms with van der Waals surface area (Å²) in [6.07, 6.45) is 0. The zero-order chi connectivity index (χ0) is 51.2. The van der Waals surface area contributed by atoms with Crippen molar-refractivity contribution in [3.05, 3.63) is 208 Å². The van der Waals surface area contributed by atoms with Crippen LogP contribution in [0, 0.1) is 0 Å². The van der Waals surface area contributed by atoms with Crippen LogP contribution in [0.3, 0.4) is 0 Å². The molecule has 0 saturated heterocycles. The number of nitrogens with zero attached hydrogens (tertiary/aromatic N) is 2. The van der Waals surface area contributed by atoms with E-state index in [0.29, 0.717) is 0 Å². The molecule has 8 aromatic carbocycles. The topological polar surface area (TPSA) is 6.48 Å². The third-order valence-corrected chi connectivity index (χ3v) is 19.6. The van der Waals surface area contributed by atoms with Gasteiger partial charge in [-0.25, -0.2) is 0 Å². The maximum absolute atomic E-state index is 2.68. The van der Waals surface area contributed by atoms with Gasteiger partial charge in [-0.15, -0.1) is 22.7 Å². The molecule has 0 N–H and O–H groups in total. The van der Waals surface area contributed by atoms with E-state index < -0.39 is 5.41 Å². The van der Waals surface area contributed by atoms with Crippen molar-refractivity contribution >= 4 is 99.4 Å². The molecule has 0 fully saturated rings. The predicted molar refractivity (Wildman–Crippen MR) is 322 cm³/mol. The Morgan fingerprint density at radius 3 is 1.57 bits per heavy atom. The second-order valence-electron chi connectivity index (χ2n) is 25.8. The third-order valence-electron chi connectivity index (χ3n) is 17.1. The molecule has 74 heavy (non-hydrogen) atoms. The van der Waals surface area contributed by atoms with Gasteiger partial charge in [0.25, 0.3) is 6.71 Å². The monoisotopic (exact) mass is 994 g/mol. The van der Waals surface area contributed by atoms with Crippen molar-refractivity contribution in [2.75, 3.05) is 9.80 Å². The molecule has 2 aromatic heterocycles. The summed E-state index contributed by atoms with van der Waals surface area (Å²) in [5, 5.41) is 2.68. The summed E-state index contributed by atoms with van der Waals surface area (Å²) in [4.78, 5) is 6.75. The Labute approximate surface area is 446 Å². The molecule has 5 heteroatoms. The van der Waals surface area contributed by atoms with Crippen LogP contribution in [0.2, 0.25) is 0 Å². The molecule has 14 rings (SSSR count). The van der Waals surface area contributed by atoms with E-state index in [1.54, 1.807) is 0 Å². The molecule has 4 aliphatic rings. The van der Waals surface area contributed by atoms with Crippen molar-refractivity contribution in [3.8, 4) is 22.3 Å². The Morgan fingerprint density at radius 2 is 0.932 bits per heavy atom. The summed E-state index contributed by atoms with van der Waals surface area (Å²) in [6.45, 7) is 28.1. The van der Waals surface area contributed by atoms with Crippen LogP contribution in [0.1, 0.15) is 127 Å². The van der Waals surface area contributed by atoms with Crippen LogP contribution < -0.4 is 25.5 Å². The standard InChI is InChI=1S/C69H63BN2S2/c1-65(2,3)40-25-30-44(31-26-40)71-55-35-42(67(7,8)9)29-34-54(55)70-61-56(71)36-43(68(10,11)12)37-57(61)72(45-32-27-41(28-33-45)66(4,5)6)62-50-38-49-46-19-13-16-22-51(46)69(53(49)39-59(50)74-64(62)70)52-23-17-14-20-47(52)60-48-21-15-18-24-58(48)73-63(60)69/h13-39H,1-12H3. The van der Waals surface area contributed by atoms with E-state index in [1.165, 1.54) is 136 Å². The van der Waals surface area contributed by atoms with Gasteiger partial charge < -0.3 is 9.80 Å². The van der Waals surface area contributed by atoms with Crippen LogP contribution in [0.4, 0.5) is 34.1 Å². The molecule has 1 atom stereocenters. The number of thiophene rings is 2. The minimum absolute atomic E-state index is 0.0122. The average molecular weight is 995 g/mol. The van der Waals surface area contributed by atoms with Crippen molar-refractivity contribution in [2.24, 2.45) is 0 Å². The zero-order valence-corrected chi connectivity index (χ0v) is 46.5. The minimum Gasteiger partial charge on any atom is -0.311 e. The van der Waals surface area contributed by atoms with Gasteiger partial charge in [0.05, 0.1) is 11.1 Å². The maximum Gasteiger partial charge on any atom is 0.264 e. The summed E-state index contributed by atoms with van der Waals surface area (Å²) in [6, 6.07) is 64.5. The molecule has 1 spiro atoms. The Hall–Kier alpha value is -6.66. The normalized spacial score (nSPS) is 16.4. The summed E-state index contributed by atoms with van der Waals surface area (Å²) in [7, 11) is 0. The third kappa shape index (κ3) is 6.29. The smallest absolute Gasteiger partial charge is 0.264 e. The first-order chi connectivity index (χ1) is 35.2. The van der Waals surface area contributed by atoms with Gasteiger partial charge >= 0.3 is 0 Å². The van der Waals surface area contributed by atoms with E-state index in [2.05, 4.69) is 257 Å². The van der Waals surface area contributed by atoms with Crippen LogP contribution in [0.25, 0.3) is 42.4 Å². The number of fused-ring (bicyclic) bond motifs is 18. The lowest BCUT2D eigenvalue weighted by molar-refractivity contribution is 0.589. The molecular weight excluding hydrogens is 932 g/mol. The number of rotatable bonds is 2. The molecule has 10 aromatic rings. The fraction of sp³-hybridized carbons (Fsp3) is 0.246. The van der Waals surface area contributed by atoms with E-state index in [4.69, 9.17) is 0 Å². The van der Waals surface area contributed by atoms with E-state index in [-0.39, 0.29) is 28.4 Å². The van der Waals surface area contributed by atoms with Crippen LogP contribution >= 0.6 is 22.7 Å². The first kappa shape index (κ1) is 45.9. The van der Waals surface area contributed by atoms with E-state index in [0.717, 1.165) is 0 Å². The quantitative estimate of drug-likeness (QED) is 0.159. The zero-order valence-electron chi connectivity index (χ0n) is 44.9. The molecule has 1 unspecified atom stereocenters. The lowest BCUT2D eigenvalue weighted by atomic mass is 9.36. The fourth-order valence-electron chi connectivity index (χ4n) is 13.2. The van der Waals surface area contributed by atoms with E-state index >= 15 is 0 Å². The van der Waals surface area contributed by atoms with Gasteiger partial charge in [0.2, 0.25) is 0 Å². The van der Waals surface area contributed by atoms with Gasteiger partial charge in [0, 0.05) is 63.8 Å². The Morgan fingerprint density at radius 1 is 0.405 bits per heavy atom. The molecule has 2 aliphatic heterocycles. The Balaban J connectivity index is 1.10. The maximum atomic E-state index is 2.68. The molecule has 4 heterocycles. The number of hydrogen-bond donors (Lipinski definition) is 0. The second kappa shape index (κ2) is 15.2. The minimum atomic E-state index is -0.426. The summed E-state index contributed by atoms with van der Waals surface area (Å²) in [5.74, 6) is 0. The molecule has 0 radical (unpaired) electrons. The second-order valence-corrected chi connectivity index (χ2v) is 27.9. The van der Waals surface area contributed by atoms with Crippen LogP contribution in [0.15, 0.2) is 164 Å². The lowest BCUT2D eigenvalue weighted by Gasteiger charge is -2.44. The van der Waals surface area contributed by atoms with Crippen LogP contribution in [-0.4, -0.2) is 6.71 Å². The van der Waals surface area contributed by atoms with Crippen LogP contribution in [-0.2, 0) is 27.1 Å². The molecule has 0 bridgehead atoms. The molecular formula is C69H63BN2S2. The first-order valence-electron chi connectivity index (χ1n) is 26.7. The summed E-state index contributed by atoms with van der Waals surface area (Å²) in [5.41, 5.74) is 24.7. The highest BCUT2D eigenvalue weighted by Gasteiger charge is 2.54. The van der Waals surface area contributed by atoms with Gasteiger partial charge in [-0.2, -0.15) is 0 Å². The molecule has 2 aliphatic carbocycles. The van der Waals surface area contributed by atoms with Crippen molar-refractivity contribution in [2.45, 2.75) is 110 Å². The largest absolute Gasteiger partial charge is 0.311 e. The first-order valence-corrected chi connectivity index (χ1v) is 28.3. The highest BCUT2D eigenvalue weighted by molar-refractivity contribution is 7.33. The lowest BCUT2D eigenvalue weighted by Crippen LogP contribution is -2.60. The summed E-state index contributed by atoms with van der Waals surface area (Å²) < 4.78 is 4.10. The van der Waals surface area contributed by atoms with Crippen molar-refractivity contribution < 1.29 is 0 Å². The van der Waals surface area contributed by atoms with Crippen molar-refractivity contribution in [1.82, 2.24) is 0 Å². The highest BCUT2D eigenvalue weighted by Crippen LogP contribution is 2.67. The van der Waals surface area contributed by atoms with Gasteiger partial charge in [0.15, 0.2) is 0 Å². The van der Waals surface area contributed by atoms with Crippen molar-refractivity contribution in [3.63, 3.8) is 0 Å². The van der Waals surface area contributed by atoms with Gasteiger partial charge in [-0.05, 0) is 149 Å². The van der Waals surface area contributed by atoms with Gasteiger partial charge in [-0.1, -0.05) is 186 Å². The molecule has 0 saturated carbocycles. The van der Waals surface area contributed by atoms with Gasteiger partial charge in [-0.3, -0.25) is 0 Å². The number of anilines is 6. The average Bonchev–Trinajstić information content (AvgIpc) is 4.12. The van der Waals surface area contributed by atoms with Crippen LogP contribution in [0.5, 0.6) is 0 Å². The number of hydrogen-bond acceptors (Lipinski definition) is 4. The molecule has 364 valence electrons.